The second-order valence-electron chi connectivity index (χ2n) is 4.89. The van der Waals surface area contributed by atoms with Gasteiger partial charge < -0.3 is 18.7 Å². The summed E-state index contributed by atoms with van der Waals surface area (Å²) in [5.41, 5.74) is 0.899. The van der Waals surface area contributed by atoms with Crippen LogP contribution in [0.3, 0.4) is 0 Å². The molecular formula is C16H14O5. The maximum absolute atomic E-state index is 11.4. The van der Waals surface area contributed by atoms with Crippen LogP contribution in [0.4, 0.5) is 0 Å². The van der Waals surface area contributed by atoms with Crippen molar-refractivity contribution in [2.75, 3.05) is 6.61 Å². The van der Waals surface area contributed by atoms with E-state index in [0.29, 0.717) is 22.5 Å². The molecule has 2 aromatic heterocycles. The third-order valence-electron chi connectivity index (χ3n) is 3.24. The van der Waals surface area contributed by atoms with Crippen molar-refractivity contribution < 1.29 is 18.7 Å². The Hall–Kier alpha value is -2.53. The van der Waals surface area contributed by atoms with Crippen molar-refractivity contribution in [2.24, 2.45) is 0 Å². The Balaban J connectivity index is 2.15. The average Bonchev–Trinajstić information content (AvgIpc) is 2.91. The van der Waals surface area contributed by atoms with Gasteiger partial charge in [0.1, 0.15) is 12.7 Å². The lowest BCUT2D eigenvalue weighted by Gasteiger charge is -2.13. The first kappa shape index (κ1) is 13.5. The summed E-state index contributed by atoms with van der Waals surface area (Å²) >= 11 is 0. The van der Waals surface area contributed by atoms with Gasteiger partial charge in [0.2, 0.25) is 5.75 Å². The Morgan fingerprint density at radius 3 is 2.86 bits per heavy atom. The predicted octanol–water partition coefficient (Wildman–Crippen LogP) is 2.86. The van der Waals surface area contributed by atoms with Crippen LogP contribution in [0.5, 0.6) is 5.75 Å². The lowest BCUT2D eigenvalue weighted by Crippen LogP contribution is -2.18. The molecule has 0 unspecified atom stereocenters. The van der Waals surface area contributed by atoms with Gasteiger partial charge in [-0.2, -0.15) is 0 Å². The molecule has 5 heteroatoms. The first-order valence-electron chi connectivity index (χ1n) is 6.46. The van der Waals surface area contributed by atoms with E-state index in [2.05, 4.69) is 6.58 Å². The van der Waals surface area contributed by atoms with Crippen molar-refractivity contribution in [3.63, 3.8) is 0 Å². The van der Waals surface area contributed by atoms with Crippen LogP contribution in [0.25, 0.3) is 21.9 Å². The molecule has 5 nitrogen and oxygen atoms in total. The van der Waals surface area contributed by atoms with Gasteiger partial charge in [-0.3, -0.25) is 0 Å². The zero-order valence-corrected chi connectivity index (χ0v) is 11.5. The van der Waals surface area contributed by atoms with E-state index < -0.39 is 11.7 Å². The van der Waals surface area contributed by atoms with Gasteiger partial charge in [0.15, 0.2) is 11.2 Å². The van der Waals surface area contributed by atoms with Gasteiger partial charge >= 0.3 is 5.63 Å². The number of aliphatic hydroxyl groups excluding tert-OH is 1. The number of rotatable bonds is 4. The van der Waals surface area contributed by atoms with Crippen molar-refractivity contribution in [1.29, 1.82) is 0 Å². The SMILES string of the molecule is C=C(C)[C@H](O)COc1c2occc2cc2ccc(=O)oc12. The van der Waals surface area contributed by atoms with Gasteiger partial charge in [0, 0.05) is 16.8 Å². The summed E-state index contributed by atoms with van der Waals surface area (Å²) in [7, 11) is 0. The molecule has 0 fully saturated rings. The van der Waals surface area contributed by atoms with Crippen LogP contribution in [0.1, 0.15) is 6.92 Å². The van der Waals surface area contributed by atoms with Crippen LogP contribution < -0.4 is 10.4 Å². The summed E-state index contributed by atoms with van der Waals surface area (Å²) in [5, 5.41) is 11.3. The number of hydrogen-bond donors (Lipinski definition) is 1. The second kappa shape index (κ2) is 5.10. The van der Waals surface area contributed by atoms with Crippen molar-refractivity contribution >= 4 is 21.9 Å². The monoisotopic (exact) mass is 286 g/mol. The Morgan fingerprint density at radius 2 is 2.10 bits per heavy atom. The fourth-order valence-electron chi connectivity index (χ4n) is 2.04. The smallest absolute Gasteiger partial charge is 0.336 e. The quantitative estimate of drug-likeness (QED) is 0.589. The third kappa shape index (κ3) is 2.43. The summed E-state index contributed by atoms with van der Waals surface area (Å²) < 4.78 is 16.2. The molecule has 0 aliphatic heterocycles. The van der Waals surface area contributed by atoms with E-state index in [1.165, 1.54) is 12.3 Å². The van der Waals surface area contributed by atoms with Gasteiger partial charge in [-0.1, -0.05) is 6.58 Å². The highest BCUT2D eigenvalue weighted by Gasteiger charge is 2.16. The number of furan rings is 1. The maximum atomic E-state index is 11.4. The lowest BCUT2D eigenvalue weighted by atomic mass is 10.1. The van der Waals surface area contributed by atoms with Crippen LogP contribution in [0, 0.1) is 0 Å². The highest BCUT2D eigenvalue weighted by atomic mass is 16.5. The lowest BCUT2D eigenvalue weighted by molar-refractivity contribution is 0.136. The molecule has 0 amide bonds. The van der Waals surface area contributed by atoms with Crippen molar-refractivity contribution in [3.05, 3.63) is 53.1 Å². The molecule has 1 N–H and O–H groups in total. The Morgan fingerprint density at radius 1 is 1.33 bits per heavy atom. The van der Waals surface area contributed by atoms with Gasteiger partial charge in [0.05, 0.1) is 6.26 Å². The molecule has 0 saturated carbocycles. The summed E-state index contributed by atoms with van der Waals surface area (Å²) in [6.45, 7) is 5.38. The van der Waals surface area contributed by atoms with Gasteiger partial charge in [-0.25, -0.2) is 4.79 Å². The highest BCUT2D eigenvalue weighted by molar-refractivity contribution is 5.99. The molecule has 0 aliphatic rings. The molecule has 0 bridgehead atoms. The predicted molar refractivity (Wildman–Crippen MR) is 78.6 cm³/mol. The largest absolute Gasteiger partial charge is 0.483 e. The molecule has 0 saturated heterocycles. The first-order chi connectivity index (χ1) is 10.1. The zero-order valence-electron chi connectivity index (χ0n) is 11.5. The van der Waals surface area contributed by atoms with E-state index in [-0.39, 0.29) is 6.61 Å². The number of fused-ring (bicyclic) bond motifs is 2. The number of aliphatic hydroxyl groups is 1. The van der Waals surface area contributed by atoms with E-state index >= 15 is 0 Å². The maximum Gasteiger partial charge on any atom is 0.336 e. The van der Waals surface area contributed by atoms with Crippen LogP contribution in [-0.2, 0) is 0 Å². The summed E-state index contributed by atoms with van der Waals surface area (Å²) in [6, 6.07) is 6.65. The molecular weight excluding hydrogens is 272 g/mol. The van der Waals surface area contributed by atoms with E-state index in [1.54, 1.807) is 19.1 Å². The molecule has 3 aromatic rings. The molecule has 0 aliphatic carbocycles. The topological polar surface area (TPSA) is 72.8 Å². The molecule has 0 spiro atoms. The van der Waals surface area contributed by atoms with Gasteiger partial charge in [0.25, 0.3) is 0 Å². The van der Waals surface area contributed by atoms with Gasteiger partial charge in [-0.05, 0) is 30.7 Å². The van der Waals surface area contributed by atoms with Crippen molar-refractivity contribution in [3.8, 4) is 5.75 Å². The van der Waals surface area contributed by atoms with E-state index in [0.717, 1.165) is 10.8 Å². The number of ether oxygens (including phenoxy) is 1. The highest BCUT2D eigenvalue weighted by Crippen LogP contribution is 2.35. The van der Waals surface area contributed by atoms with Gasteiger partial charge in [-0.15, -0.1) is 0 Å². The number of hydrogen-bond acceptors (Lipinski definition) is 5. The van der Waals surface area contributed by atoms with Crippen LogP contribution in [0.15, 0.2) is 56.3 Å². The Kier molecular flexibility index (Phi) is 3.27. The fraction of sp³-hybridized carbons (Fsp3) is 0.188. The fourth-order valence-corrected chi connectivity index (χ4v) is 2.04. The zero-order chi connectivity index (χ0) is 15.0. The summed E-state index contributed by atoms with van der Waals surface area (Å²) in [5.74, 6) is 0.311. The first-order valence-corrected chi connectivity index (χ1v) is 6.46. The minimum absolute atomic E-state index is 0.00283. The standard InChI is InChI=1S/C16H14O5/c1-9(2)12(17)8-20-16-14-11(5-6-19-14)7-10-3-4-13(18)21-15(10)16/h3-7,12,17H,1,8H2,2H3/t12-/m1/s1. The molecule has 2 heterocycles. The van der Waals surface area contributed by atoms with Crippen LogP contribution >= 0.6 is 0 Å². The third-order valence-corrected chi connectivity index (χ3v) is 3.24. The molecule has 0 radical (unpaired) electrons. The molecule has 3 rings (SSSR count). The molecule has 1 aromatic carbocycles. The second-order valence-corrected chi connectivity index (χ2v) is 4.89. The Bertz CT molecular complexity index is 871. The van der Waals surface area contributed by atoms with Crippen molar-refractivity contribution in [1.82, 2.24) is 0 Å². The van der Waals surface area contributed by atoms with Crippen LogP contribution in [-0.4, -0.2) is 17.8 Å². The summed E-state index contributed by atoms with van der Waals surface area (Å²) in [6.07, 6.45) is 0.727. The minimum Gasteiger partial charge on any atom is -0.483 e. The minimum atomic E-state index is -0.805. The number of benzene rings is 1. The van der Waals surface area contributed by atoms with Crippen LogP contribution in [0.2, 0.25) is 0 Å². The van der Waals surface area contributed by atoms with Crippen molar-refractivity contribution in [2.45, 2.75) is 13.0 Å². The summed E-state index contributed by atoms with van der Waals surface area (Å²) in [4.78, 5) is 11.4. The Labute approximate surface area is 120 Å². The normalized spacial score (nSPS) is 12.7. The average molecular weight is 286 g/mol. The molecule has 108 valence electrons. The van der Waals surface area contributed by atoms with E-state index in [4.69, 9.17) is 13.6 Å². The molecule has 1 atom stereocenters. The molecule has 21 heavy (non-hydrogen) atoms. The van der Waals surface area contributed by atoms with E-state index in [9.17, 15) is 9.90 Å². The van der Waals surface area contributed by atoms with E-state index in [1.807, 2.05) is 6.07 Å².